The SMILES string of the molecule is N#Cc1cc(Cl)cnc1N1CCCC1. The van der Waals surface area contributed by atoms with E-state index in [9.17, 15) is 0 Å². The van der Waals surface area contributed by atoms with Crippen molar-refractivity contribution in [3.05, 3.63) is 22.8 Å². The van der Waals surface area contributed by atoms with Gasteiger partial charge in [-0.05, 0) is 18.9 Å². The molecule has 1 aliphatic rings. The Hall–Kier alpha value is -1.27. The van der Waals surface area contributed by atoms with Gasteiger partial charge in [-0.15, -0.1) is 0 Å². The van der Waals surface area contributed by atoms with Crippen molar-refractivity contribution in [1.82, 2.24) is 4.98 Å². The summed E-state index contributed by atoms with van der Waals surface area (Å²) in [5, 5.41) is 9.45. The number of pyridine rings is 1. The largest absolute Gasteiger partial charge is 0.356 e. The molecule has 1 aromatic heterocycles. The number of nitriles is 1. The molecule has 0 bridgehead atoms. The predicted molar refractivity (Wildman–Crippen MR) is 55.4 cm³/mol. The molecule has 4 heteroatoms. The fourth-order valence-corrected chi connectivity index (χ4v) is 1.85. The lowest BCUT2D eigenvalue weighted by molar-refractivity contribution is 0.934. The summed E-state index contributed by atoms with van der Waals surface area (Å²) >= 11 is 5.77. The number of hydrogen-bond acceptors (Lipinski definition) is 3. The Balaban J connectivity index is 2.37. The third-order valence-electron chi connectivity index (χ3n) is 2.36. The molecule has 2 heterocycles. The Morgan fingerprint density at radius 2 is 2.14 bits per heavy atom. The van der Waals surface area contributed by atoms with Crippen LogP contribution in [0.5, 0.6) is 0 Å². The minimum atomic E-state index is 0.518. The van der Waals surface area contributed by atoms with Gasteiger partial charge in [-0.25, -0.2) is 4.98 Å². The van der Waals surface area contributed by atoms with Crippen LogP contribution in [0.25, 0.3) is 0 Å². The summed E-state index contributed by atoms with van der Waals surface area (Å²) in [6, 6.07) is 3.79. The second-order valence-electron chi connectivity index (χ2n) is 3.33. The van der Waals surface area contributed by atoms with E-state index in [1.807, 2.05) is 0 Å². The molecular weight excluding hydrogens is 198 g/mol. The average molecular weight is 208 g/mol. The summed E-state index contributed by atoms with van der Waals surface area (Å²) in [7, 11) is 0. The number of hydrogen-bond donors (Lipinski definition) is 0. The van der Waals surface area contributed by atoms with Gasteiger partial charge in [-0.2, -0.15) is 5.26 Å². The third kappa shape index (κ3) is 1.66. The molecule has 0 N–H and O–H groups in total. The Morgan fingerprint density at radius 3 is 2.79 bits per heavy atom. The van der Waals surface area contributed by atoms with Crippen molar-refractivity contribution >= 4 is 17.4 Å². The predicted octanol–water partition coefficient (Wildman–Crippen LogP) is 2.21. The molecule has 0 amide bonds. The van der Waals surface area contributed by atoms with Gasteiger partial charge >= 0.3 is 0 Å². The Bertz CT molecular complexity index is 377. The van der Waals surface area contributed by atoms with Gasteiger partial charge in [-0.1, -0.05) is 11.6 Å². The average Bonchev–Trinajstić information content (AvgIpc) is 2.70. The van der Waals surface area contributed by atoms with Gasteiger partial charge in [0.2, 0.25) is 0 Å². The molecule has 1 aliphatic heterocycles. The normalized spacial score (nSPS) is 15.6. The lowest BCUT2D eigenvalue weighted by atomic mass is 10.2. The number of halogens is 1. The van der Waals surface area contributed by atoms with Gasteiger partial charge in [0.25, 0.3) is 0 Å². The molecule has 0 saturated carbocycles. The van der Waals surface area contributed by atoms with Crippen LogP contribution in [0.1, 0.15) is 18.4 Å². The molecule has 1 saturated heterocycles. The first kappa shape index (κ1) is 9.29. The van der Waals surface area contributed by atoms with Crippen molar-refractivity contribution in [2.24, 2.45) is 0 Å². The molecule has 0 atom stereocenters. The van der Waals surface area contributed by atoms with E-state index in [0.29, 0.717) is 10.6 Å². The molecule has 1 aromatic rings. The minimum absolute atomic E-state index is 0.518. The van der Waals surface area contributed by atoms with Gasteiger partial charge in [-0.3, -0.25) is 0 Å². The van der Waals surface area contributed by atoms with Crippen LogP contribution in [-0.4, -0.2) is 18.1 Å². The Kier molecular flexibility index (Phi) is 2.55. The van der Waals surface area contributed by atoms with E-state index in [1.54, 1.807) is 12.3 Å². The highest BCUT2D eigenvalue weighted by Gasteiger charge is 2.16. The van der Waals surface area contributed by atoms with Crippen LogP contribution in [0.2, 0.25) is 5.02 Å². The summed E-state index contributed by atoms with van der Waals surface area (Å²) in [6.07, 6.45) is 3.94. The van der Waals surface area contributed by atoms with E-state index >= 15 is 0 Å². The fourth-order valence-electron chi connectivity index (χ4n) is 1.70. The monoisotopic (exact) mass is 207 g/mol. The van der Waals surface area contributed by atoms with Crippen molar-refractivity contribution in [1.29, 1.82) is 5.26 Å². The van der Waals surface area contributed by atoms with Crippen LogP contribution in [-0.2, 0) is 0 Å². The van der Waals surface area contributed by atoms with E-state index in [-0.39, 0.29) is 0 Å². The molecular formula is C10H10ClN3. The van der Waals surface area contributed by atoms with Crippen LogP contribution >= 0.6 is 11.6 Å². The van der Waals surface area contributed by atoms with Crippen LogP contribution in [0.3, 0.4) is 0 Å². The molecule has 72 valence electrons. The molecule has 0 aromatic carbocycles. The van der Waals surface area contributed by atoms with E-state index < -0.39 is 0 Å². The zero-order chi connectivity index (χ0) is 9.97. The fraction of sp³-hybridized carbons (Fsp3) is 0.400. The quantitative estimate of drug-likeness (QED) is 0.709. The van der Waals surface area contributed by atoms with Crippen LogP contribution in [0.15, 0.2) is 12.3 Å². The zero-order valence-electron chi connectivity index (χ0n) is 7.70. The van der Waals surface area contributed by atoms with Gasteiger partial charge < -0.3 is 4.90 Å². The van der Waals surface area contributed by atoms with E-state index in [2.05, 4.69) is 16.0 Å². The van der Waals surface area contributed by atoms with E-state index in [1.165, 1.54) is 12.8 Å². The van der Waals surface area contributed by atoms with Crippen molar-refractivity contribution in [2.75, 3.05) is 18.0 Å². The maximum atomic E-state index is 8.93. The lowest BCUT2D eigenvalue weighted by Crippen LogP contribution is -2.20. The minimum Gasteiger partial charge on any atom is -0.356 e. The molecule has 0 aliphatic carbocycles. The van der Waals surface area contributed by atoms with Gasteiger partial charge in [0.1, 0.15) is 11.9 Å². The van der Waals surface area contributed by atoms with Crippen LogP contribution in [0, 0.1) is 11.3 Å². The molecule has 14 heavy (non-hydrogen) atoms. The number of nitrogens with zero attached hydrogens (tertiary/aromatic N) is 3. The summed E-state index contributed by atoms with van der Waals surface area (Å²) in [5.74, 6) is 0.773. The molecule has 0 unspecified atom stereocenters. The molecule has 2 rings (SSSR count). The third-order valence-corrected chi connectivity index (χ3v) is 2.57. The molecule has 0 spiro atoms. The molecule has 3 nitrogen and oxygen atoms in total. The summed E-state index contributed by atoms with van der Waals surface area (Å²) < 4.78 is 0. The summed E-state index contributed by atoms with van der Waals surface area (Å²) in [6.45, 7) is 1.98. The Morgan fingerprint density at radius 1 is 1.43 bits per heavy atom. The lowest BCUT2D eigenvalue weighted by Gasteiger charge is -2.17. The Labute approximate surface area is 87.9 Å². The second kappa shape index (κ2) is 3.85. The highest BCUT2D eigenvalue weighted by molar-refractivity contribution is 6.30. The van der Waals surface area contributed by atoms with Gasteiger partial charge in [0, 0.05) is 19.3 Å². The first-order valence-corrected chi connectivity index (χ1v) is 4.99. The smallest absolute Gasteiger partial charge is 0.146 e. The number of rotatable bonds is 1. The van der Waals surface area contributed by atoms with Crippen LogP contribution in [0.4, 0.5) is 5.82 Å². The first-order chi connectivity index (χ1) is 6.81. The maximum Gasteiger partial charge on any atom is 0.146 e. The molecule has 0 radical (unpaired) electrons. The van der Waals surface area contributed by atoms with E-state index in [0.717, 1.165) is 18.9 Å². The first-order valence-electron chi connectivity index (χ1n) is 4.62. The summed E-state index contributed by atoms with van der Waals surface area (Å²) in [4.78, 5) is 6.34. The highest BCUT2D eigenvalue weighted by Crippen LogP contribution is 2.23. The topological polar surface area (TPSA) is 39.9 Å². The zero-order valence-corrected chi connectivity index (χ0v) is 8.46. The van der Waals surface area contributed by atoms with Gasteiger partial charge in [0.15, 0.2) is 0 Å². The van der Waals surface area contributed by atoms with E-state index in [4.69, 9.17) is 16.9 Å². The summed E-state index contributed by atoms with van der Waals surface area (Å²) in [5.41, 5.74) is 0.569. The number of anilines is 1. The van der Waals surface area contributed by atoms with Crippen molar-refractivity contribution in [3.63, 3.8) is 0 Å². The van der Waals surface area contributed by atoms with Crippen LogP contribution < -0.4 is 4.90 Å². The maximum absolute atomic E-state index is 8.93. The highest BCUT2D eigenvalue weighted by atomic mass is 35.5. The van der Waals surface area contributed by atoms with Gasteiger partial charge in [0.05, 0.1) is 10.6 Å². The number of aromatic nitrogens is 1. The second-order valence-corrected chi connectivity index (χ2v) is 3.77. The van der Waals surface area contributed by atoms with Crippen molar-refractivity contribution in [2.45, 2.75) is 12.8 Å². The molecule has 1 fully saturated rings. The standard InChI is InChI=1S/C10H10ClN3/c11-9-5-8(6-12)10(13-7-9)14-3-1-2-4-14/h5,7H,1-4H2. The van der Waals surface area contributed by atoms with Crippen molar-refractivity contribution < 1.29 is 0 Å². The van der Waals surface area contributed by atoms with Crippen molar-refractivity contribution in [3.8, 4) is 6.07 Å².